The van der Waals surface area contributed by atoms with Gasteiger partial charge in [-0.25, -0.2) is 9.59 Å². The van der Waals surface area contributed by atoms with E-state index in [-0.39, 0.29) is 65.8 Å². The van der Waals surface area contributed by atoms with Gasteiger partial charge in [-0.05, 0) is 51.4 Å². The Labute approximate surface area is 272 Å². The number of ether oxygens (including phenoxy) is 5. The van der Waals surface area contributed by atoms with Gasteiger partial charge in [-0.1, -0.05) is 18.2 Å². The Morgan fingerprint density at radius 3 is 2.43 bits per heavy atom. The first-order valence-corrected chi connectivity index (χ1v) is 15.1. The lowest BCUT2D eigenvalue weighted by atomic mass is 9.79. The lowest BCUT2D eigenvalue weighted by molar-refractivity contribution is -0.384. The van der Waals surface area contributed by atoms with Gasteiger partial charge in [0, 0.05) is 35.6 Å². The number of unbranched alkanes of at least 4 members (excludes halogenated alkanes) is 1. The molecular weight excluding hydrogens is 614 g/mol. The van der Waals surface area contributed by atoms with Gasteiger partial charge < -0.3 is 39.4 Å². The minimum atomic E-state index is -1.24. The normalized spacial score (nSPS) is 15.0. The number of methoxy groups -OCH3 is 2. The number of non-ortho nitro benzene ring substituents is 1. The molecule has 0 fully saturated rings. The molecule has 0 aromatic heterocycles. The van der Waals surface area contributed by atoms with Gasteiger partial charge in [0.2, 0.25) is 0 Å². The molecule has 2 unspecified atom stereocenters. The second-order valence-corrected chi connectivity index (χ2v) is 10.5. The smallest absolute Gasteiger partial charge is 0.336 e. The fraction of sp³-hybridized carbons (Fsp3) is 0.424. The Bertz CT molecular complexity index is 1470. The first-order chi connectivity index (χ1) is 22.6. The summed E-state index contributed by atoms with van der Waals surface area (Å²) < 4.78 is 26.8. The van der Waals surface area contributed by atoms with Crippen molar-refractivity contribution >= 4 is 23.6 Å². The quantitative estimate of drug-likeness (QED) is 0.0699. The Hall–Kier alpha value is -4.95. The molecular formula is C33H41N3O11. The maximum Gasteiger partial charge on any atom is 0.336 e. The number of dihydropyridines is 1. The summed E-state index contributed by atoms with van der Waals surface area (Å²) in [6.07, 6.45) is 0.172. The van der Waals surface area contributed by atoms with Crippen molar-refractivity contribution in [1.82, 2.24) is 10.6 Å². The molecule has 1 aliphatic heterocycles. The number of hydrogen-bond donors (Lipinski definition) is 3. The number of nitro groups is 1. The lowest BCUT2D eigenvalue weighted by Gasteiger charge is -2.31. The molecule has 0 amide bonds. The predicted molar refractivity (Wildman–Crippen MR) is 170 cm³/mol. The molecule has 0 saturated heterocycles. The third kappa shape index (κ3) is 10.3. The number of nitrogens with zero attached hydrogens (tertiary/aromatic N) is 1. The number of carbonyl (C=O) groups excluding carboxylic acids is 3. The van der Waals surface area contributed by atoms with Crippen LogP contribution in [0.5, 0.6) is 11.5 Å². The number of aliphatic hydroxyl groups excluding tert-OH is 1. The molecule has 0 aliphatic carbocycles. The number of hydrogen-bond acceptors (Lipinski definition) is 13. The Morgan fingerprint density at radius 2 is 1.77 bits per heavy atom. The van der Waals surface area contributed by atoms with Gasteiger partial charge in [-0.15, -0.1) is 0 Å². The number of esters is 3. The number of allylic oxidation sites excluding steroid dienone is 1. The number of nitrogens with one attached hydrogen (secondary N) is 2. The van der Waals surface area contributed by atoms with E-state index in [0.29, 0.717) is 31.7 Å². The van der Waals surface area contributed by atoms with Crippen LogP contribution in [0.2, 0.25) is 0 Å². The molecule has 1 heterocycles. The molecule has 3 rings (SSSR count). The second kappa shape index (κ2) is 18.3. The average molecular weight is 656 g/mol. The molecule has 1 aliphatic rings. The number of carbonyl (C=O) groups is 3. The van der Waals surface area contributed by atoms with E-state index in [9.17, 15) is 29.6 Å². The van der Waals surface area contributed by atoms with Crippen LogP contribution >= 0.6 is 0 Å². The highest BCUT2D eigenvalue weighted by Crippen LogP contribution is 2.44. The largest absolute Gasteiger partial charge is 0.493 e. The summed E-state index contributed by atoms with van der Waals surface area (Å²) in [5, 5.41) is 28.1. The molecule has 2 aromatic carbocycles. The second-order valence-electron chi connectivity index (χ2n) is 10.5. The number of nitro benzene ring substituents is 1. The Kier molecular flexibility index (Phi) is 14.2. The van der Waals surface area contributed by atoms with Crippen molar-refractivity contribution in [1.29, 1.82) is 0 Å². The van der Waals surface area contributed by atoms with Crippen LogP contribution in [0.3, 0.4) is 0 Å². The number of benzene rings is 2. The highest BCUT2D eigenvalue weighted by Gasteiger charge is 2.41. The maximum absolute atomic E-state index is 13.3. The first kappa shape index (κ1) is 36.5. The molecule has 0 spiro atoms. The summed E-state index contributed by atoms with van der Waals surface area (Å²) in [6.45, 7) is 4.46. The molecule has 0 saturated carbocycles. The van der Waals surface area contributed by atoms with E-state index in [4.69, 9.17) is 23.7 Å². The summed E-state index contributed by atoms with van der Waals surface area (Å²) in [7, 11) is 2.34. The first-order valence-electron chi connectivity index (χ1n) is 15.1. The average Bonchev–Trinajstić information content (AvgIpc) is 3.06. The molecule has 3 N–H and O–H groups in total. The number of para-hydroxylation sites is 1. The van der Waals surface area contributed by atoms with E-state index >= 15 is 0 Å². The van der Waals surface area contributed by atoms with Crippen LogP contribution in [-0.2, 0) is 28.6 Å². The van der Waals surface area contributed by atoms with Crippen molar-refractivity contribution in [3.05, 3.63) is 86.7 Å². The van der Waals surface area contributed by atoms with E-state index in [1.165, 1.54) is 25.3 Å². The van der Waals surface area contributed by atoms with Crippen molar-refractivity contribution in [3.63, 3.8) is 0 Å². The zero-order valence-electron chi connectivity index (χ0n) is 26.9. The minimum Gasteiger partial charge on any atom is -0.493 e. The van der Waals surface area contributed by atoms with E-state index in [1.54, 1.807) is 13.8 Å². The van der Waals surface area contributed by atoms with Crippen molar-refractivity contribution in [2.45, 2.75) is 45.1 Å². The van der Waals surface area contributed by atoms with Crippen LogP contribution in [0.15, 0.2) is 71.1 Å². The van der Waals surface area contributed by atoms with Gasteiger partial charge in [0.15, 0.2) is 0 Å². The van der Waals surface area contributed by atoms with Crippen molar-refractivity contribution < 1.29 is 48.1 Å². The summed E-state index contributed by atoms with van der Waals surface area (Å²) in [4.78, 5) is 50.1. The van der Waals surface area contributed by atoms with Crippen molar-refractivity contribution in [3.8, 4) is 11.5 Å². The van der Waals surface area contributed by atoms with Crippen LogP contribution in [0, 0.1) is 10.1 Å². The molecule has 254 valence electrons. The summed E-state index contributed by atoms with van der Waals surface area (Å²) in [5.41, 5.74) is 0.121. The van der Waals surface area contributed by atoms with Gasteiger partial charge in [-0.2, -0.15) is 0 Å². The summed E-state index contributed by atoms with van der Waals surface area (Å²) >= 11 is 0. The zero-order valence-corrected chi connectivity index (χ0v) is 26.9. The van der Waals surface area contributed by atoms with E-state index in [0.717, 1.165) is 7.11 Å². The van der Waals surface area contributed by atoms with Crippen LogP contribution in [0.4, 0.5) is 5.69 Å². The molecule has 14 heteroatoms. The molecule has 47 heavy (non-hydrogen) atoms. The molecule has 0 bridgehead atoms. The fourth-order valence-corrected chi connectivity index (χ4v) is 4.97. The highest BCUT2D eigenvalue weighted by atomic mass is 16.6. The maximum atomic E-state index is 13.3. The van der Waals surface area contributed by atoms with Crippen LogP contribution in [0.1, 0.15) is 44.6 Å². The van der Waals surface area contributed by atoms with Gasteiger partial charge in [0.25, 0.3) is 5.69 Å². The predicted octanol–water partition coefficient (Wildman–Crippen LogP) is 3.30. The van der Waals surface area contributed by atoms with Crippen LogP contribution < -0.4 is 20.1 Å². The standard InChI is InChI=1S/C33H41N3O11/c1-5-45-33(40)29-21(2)35-26(18-28(38)43-3)31(32(39)44-4)30(29)25-17-22(36(41)42)13-14-27(25)46-16-10-9-15-34-19-23(37)20-47-24-11-7-6-8-12-24/h6-8,11-14,17,23,30,34-35,37H,5,9-10,15-16,18-20H2,1-4H3. The fourth-order valence-electron chi connectivity index (χ4n) is 4.97. The molecule has 0 radical (unpaired) electrons. The highest BCUT2D eigenvalue weighted by molar-refractivity contribution is 6.00. The number of aliphatic hydroxyl groups is 1. The van der Waals surface area contributed by atoms with E-state index in [2.05, 4.69) is 10.6 Å². The minimum absolute atomic E-state index is 0.00483. The van der Waals surface area contributed by atoms with Crippen molar-refractivity contribution in [2.75, 3.05) is 47.1 Å². The Balaban J connectivity index is 1.81. The van der Waals surface area contributed by atoms with Crippen LogP contribution in [-0.4, -0.2) is 81.2 Å². The van der Waals surface area contributed by atoms with Gasteiger partial charge in [0.05, 0.1) is 55.8 Å². The third-order valence-electron chi connectivity index (χ3n) is 7.18. The summed E-state index contributed by atoms with van der Waals surface area (Å²) in [5.74, 6) is -2.67. The lowest BCUT2D eigenvalue weighted by Crippen LogP contribution is -2.34. The molecule has 14 nitrogen and oxygen atoms in total. The van der Waals surface area contributed by atoms with Crippen LogP contribution in [0.25, 0.3) is 0 Å². The topological polar surface area (TPSA) is 185 Å². The SMILES string of the molecule is CCOC(=O)C1=C(C)NC(CC(=O)OC)=C(C(=O)OC)C1c1cc([N+](=O)[O-])ccc1OCCCCNCC(O)COc1ccccc1. The monoisotopic (exact) mass is 655 g/mol. The number of rotatable bonds is 18. The van der Waals surface area contributed by atoms with Gasteiger partial charge in [0.1, 0.15) is 24.2 Å². The van der Waals surface area contributed by atoms with Crippen molar-refractivity contribution in [2.24, 2.45) is 0 Å². The van der Waals surface area contributed by atoms with Gasteiger partial charge >= 0.3 is 17.9 Å². The van der Waals surface area contributed by atoms with Gasteiger partial charge in [-0.3, -0.25) is 14.9 Å². The van der Waals surface area contributed by atoms with E-state index in [1.807, 2.05) is 30.3 Å². The zero-order chi connectivity index (χ0) is 34.3. The summed E-state index contributed by atoms with van der Waals surface area (Å²) in [6, 6.07) is 13.1. The molecule has 2 aromatic rings. The Morgan fingerprint density at radius 1 is 1.02 bits per heavy atom. The molecule has 2 atom stereocenters. The third-order valence-corrected chi connectivity index (χ3v) is 7.18. The van der Waals surface area contributed by atoms with E-state index < -0.39 is 34.9 Å².